The zero-order valence-corrected chi connectivity index (χ0v) is 21.0. The number of halogens is 2. The number of rotatable bonds is 9. The minimum absolute atomic E-state index is 0.0771. The molecular formula is C24H22BrFO7S. The molecule has 3 rings (SSSR count). The molecule has 0 aliphatic rings. The number of benzene rings is 2. The minimum Gasteiger partial charge on any atom is -0.502 e. The van der Waals surface area contributed by atoms with E-state index in [1.54, 1.807) is 24.3 Å². The maximum Gasteiger partial charge on any atom is 0.306 e. The van der Waals surface area contributed by atoms with Crippen LogP contribution in [0, 0.1) is 5.82 Å². The Balaban J connectivity index is 2.05. The van der Waals surface area contributed by atoms with Crippen molar-refractivity contribution in [3.63, 3.8) is 0 Å². The highest BCUT2D eigenvalue weighted by Gasteiger charge is 2.28. The van der Waals surface area contributed by atoms with Crippen molar-refractivity contribution in [1.82, 2.24) is 0 Å². The van der Waals surface area contributed by atoms with E-state index in [0.29, 0.717) is 21.5 Å². The largest absolute Gasteiger partial charge is 0.502 e. The van der Waals surface area contributed by atoms with Gasteiger partial charge in [-0.1, -0.05) is 0 Å². The Bertz CT molecular complexity index is 1230. The number of hydrogen-bond donors (Lipinski definition) is 1. The molecule has 1 aromatic heterocycles. The maximum absolute atomic E-state index is 13.2. The number of aromatic hydroxyl groups is 1. The summed E-state index contributed by atoms with van der Waals surface area (Å²) in [6, 6.07) is 10.4. The third kappa shape index (κ3) is 5.92. The molecule has 10 heteroatoms. The van der Waals surface area contributed by atoms with Gasteiger partial charge in [-0.25, -0.2) is 4.39 Å². The molecule has 0 spiro atoms. The first-order valence-corrected chi connectivity index (χ1v) is 11.8. The maximum atomic E-state index is 13.2. The average molecular weight is 553 g/mol. The van der Waals surface area contributed by atoms with Crippen molar-refractivity contribution >= 4 is 33.7 Å². The van der Waals surface area contributed by atoms with Crippen LogP contribution in [0.1, 0.15) is 29.4 Å². The Morgan fingerprint density at radius 3 is 2.47 bits per heavy atom. The van der Waals surface area contributed by atoms with E-state index in [-0.39, 0.29) is 29.5 Å². The Morgan fingerprint density at radius 1 is 1.15 bits per heavy atom. The van der Waals surface area contributed by atoms with E-state index in [9.17, 15) is 19.1 Å². The van der Waals surface area contributed by atoms with Crippen LogP contribution in [0.5, 0.6) is 17.2 Å². The van der Waals surface area contributed by atoms with E-state index in [0.717, 1.165) is 4.90 Å². The SMILES string of the molecule is COC(=O)CC(c1cc(Br)c(OC)c(OC)c1)c1oc(CSc2ccc(F)cc2)cc(=O)c1O. The second-order valence-electron chi connectivity index (χ2n) is 7.10. The van der Waals surface area contributed by atoms with Gasteiger partial charge in [-0.2, -0.15) is 0 Å². The summed E-state index contributed by atoms with van der Waals surface area (Å²) >= 11 is 4.75. The monoisotopic (exact) mass is 552 g/mol. The highest BCUT2D eigenvalue weighted by molar-refractivity contribution is 9.10. The highest BCUT2D eigenvalue weighted by Crippen LogP contribution is 2.42. The third-order valence-electron chi connectivity index (χ3n) is 4.97. The molecule has 7 nitrogen and oxygen atoms in total. The zero-order chi connectivity index (χ0) is 24.8. The Kier molecular flexibility index (Phi) is 8.62. The topological polar surface area (TPSA) is 95.2 Å². The molecule has 1 unspecified atom stereocenters. The van der Waals surface area contributed by atoms with Crippen molar-refractivity contribution < 1.29 is 32.9 Å². The predicted molar refractivity (Wildman–Crippen MR) is 128 cm³/mol. The van der Waals surface area contributed by atoms with Gasteiger partial charge in [-0.3, -0.25) is 9.59 Å². The van der Waals surface area contributed by atoms with Gasteiger partial charge in [-0.15, -0.1) is 11.8 Å². The van der Waals surface area contributed by atoms with Gasteiger partial charge in [0.1, 0.15) is 11.6 Å². The van der Waals surface area contributed by atoms with Crippen LogP contribution in [-0.2, 0) is 15.3 Å². The lowest BCUT2D eigenvalue weighted by molar-refractivity contribution is -0.140. The van der Waals surface area contributed by atoms with Crippen molar-refractivity contribution in [2.24, 2.45) is 0 Å². The lowest BCUT2D eigenvalue weighted by Gasteiger charge is -2.20. The molecule has 0 aliphatic heterocycles. The van der Waals surface area contributed by atoms with Gasteiger partial charge in [0.15, 0.2) is 17.3 Å². The molecule has 3 aromatic rings. The van der Waals surface area contributed by atoms with Crippen LogP contribution < -0.4 is 14.9 Å². The fourth-order valence-electron chi connectivity index (χ4n) is 3.30. The second kappa shape index (κ2) is 11.4. The molecule has 1 heterocycles. The van der Waals surface area contributed by atoms with Crippen molar-refractivity contribution in [1.29, 1.82) is 0 Å². The molecule has 0 amide bonds. The van der Waals surface area contributed by atoms with Gasteiger partial charge < -0.3 is 23.7 Å². The second-order valence-corrected chi connectivity index (χ2v) is 9.01. The number of esters is 1. The molecule has 180 valence electrons. The van der Waals surface area contributed by atoms with Gasteiger partial charge in [0.25, 0.3) is 0 Å². The minimum atomic E-state index is -0.855. The van der Waals surface area contributed by atoms with Crippen molar-refractivity contribution in [3.8, 4) is 17.2 Å². The molecule has 0 bridgehead atoms. The number of hydrogen-bond acceptors (Lipinski definition) is 8. The summed E-state index contributed by atoms with van der Waals surface area (Å²) in [4.78, 5) is 25.6. The molecule has 0 saturated heterocycles. The fourth-order valence-corrected chi connectivity index (χ4v) is 4.70. The first-order chi connectivity index (χ1) is 16.3. The summed E-state index contributed by atoms with van der Waals surface area (Å²) < 4.78 is 35.2. The Hall–Kier alpha value is -2.98. The van der Waals surface area contributed by atoms with E-state index < -0.39 is 23.1 Å². The molecule has 1 atom stereocenters. The number of carbonyl (C=O) groups excluding carboxylic acids is 1. The van der Waals surface area contributed by atoms with Crippen LogP contribution >= 0.6 is 27.7 Å². The van der Waals surface area contributed by atoms with Gasteiger partial charge in [0.05, 0.1) is 43.9 Å². The van der Waals surface area contributed by atoms with E-state index in [2.05, 4.69) is 15.9 Å². The Labute approximate surface area is 208 Å². The smallest absolute Gasteiger partial charge is 0.306 e. The molecule has 0 saturated carbocycles. The van der Waals surface area contributed by atoms with Crippen LogP contribution in [0.25, 0.3) is 0 Å². The van der Waals surface area contributed by atoms with Gasteiger partial charge >= 0.3 is 5.97 Å². The first kappa shape index (κ1) is 25.6. The number of thioether (sulfide) groups is 1. The van der Waals surface area contributed by atoms with Crippen molar-refractivity contribution in [2.45, 2.75) is 23.0 Å². The molecule has 2 aromatic carbocycles. The van der Waals surface area contributed by atoms with Gasteiger partial charge in [0.2, 0.25) is 11.2 Å². The van der Waals surface area contributed by atoms with Crippen LogP contribution in [0.15, 0.2) is 61.0 Å². The highest BCUT2D eigenvalue weighted by atomic mass is 79.9. The molecular weight excluding hydrogens is 531 g/mol. The van der Waals surface area contributed by atoms with Gasteiger partial charge in [-0.05, 0) is 57.9 Å². The lowest BCUT2D eigenvalue weighted by atomic mass is 9.92. The molecule has 1 N–H and O–H groups in total. The summed E-state index contributed by atoms with van der Waals surface area (Å²) in [6.07, 6.45) is -0.205. The van der Waals surface area contributed by atoms with Crippen molar-refractivity contribution in [3.05, 3.63) is 80.1 Å². The van der Waals surface area contributed by atoms with Crippen LogP contribution in [-0.4, -0.2) is 32.4 Å². The number of carbonyl (C=O) groups is 1. The summed E-state index contributed by atoms with van der Waals surface area (Å²) in [5, 5.41) is 10.6. The van der Waals surface area contributed by atoms with E-state index in [4.69, 9.17) is 18.6 Å². The number of ether oxygens (including phenoxy) is 3. The van der Waals surface area contributed by atoms with Crippen LogP contribution in [0.4, 0.5) is 4.39 Å². The zero-order valence-electron chi connectivity index (χ0n) is 18.6. The summed E-state index contributed by atoms with van der Waals surface area (Å²) in [6.45, 7) is 0. The van der Waals surface area contributed by atoms with Crippen LogP contribution in [0.2, 0.25) is 0 Å². The summed E-state index contributed by atoms with van der Waals surface area (Å²) in [5.41, 5.74) is -0.123. The lowest BCUT2D eigenvalue weighted by Crippen LogP contribution is -2.14. The van der Waals surface area contributed by atoms with E-state index in [1.165, 1.54) is 51.3 Å². The van der Waals surface area contributed by atoms with E-state index >= 15 is 0 Å². The third-order valence-corrected chi connectivity index (χ3v) is 6.59. The van der Waals surface area contributed by atoms with E-state index in [1.807, 2.05) is 0 Å². The molecule has 0 aliphatic carbocycles. The van der Waals surface area contributed by atoms with Crippen LogP contribution in [0.3, 0.4) is 0 Å². The normalized spacial score (nSPS) is 11.7. The summed E-state index contributed by atoms with van der Waals surface area (Å²) in [7, 11) is 4.20. The predicted octanol–water partition coefficient (Wildman–Crippen LogP) is 5.25. The van der Waals surface area contributed by atoms with Gasteiger partial charge in [0, 0.05) is 11.0 Å². The average Bonchev–Trinajstić information content (AvgIpc) is 2.83. The Morgan fingerprint density at radius 2 is 1.85 bits per heavy atom. The molecule has 0 radical (unpaired) electrons. The quantitative estimate of drug-likeness (QED) is 0.284. The van der Waals surface area contributed by atoms with Crippen molar-refractivity contribution in [2.75, 3.05) is 21.3 Å². The standard InChI is InChI=1S/C24H22BrFO7S/c1-30-20-9-13(8-18(25)24(20)32-3)17(11-21(28)31-2)23-22(29)19(27)10-15(33-23)12-34-16-6-4-14(26)5-7-16/h4-10,17,29H,11-12H2,1-3H3. The molecule has 0 fully saturated rings. The fraction of sp³-hybridized carbons (Fsp3) is 0.250. The summed E-state index contributed by atoms with van der Waals surface area (Å²) in [5.74, 6) is -1.10. The first-order valence-electron chi connectivity index (χ1n) is 9.99. The molecule has 34 heavy (non-hydrogen) atoms. The number of methoxy groups -OCH3 is 3.